The third-order valence-electron chi connectivity index (χ3n) is 2.61. The molecule has 0 saturated carbocycles. The molecule has 0 radical (unpaired) electrons. The van der Waals surface area contributed by atoms with Crippen molar-refractivity contribution in [1.29, 1.82) is 0 Å². The van der Waals surface area contributed by atoms with E-state index in [1.165, 1.54) is 6.33 Å². The number of aromatic nitrogens is 6. The molecule has 4 heterocycles. The Bertz CT molecular complexity index is 783. The van der Waals surface area contributed by atoms with Crippen molar-refractivity contribution in [2.75, 3.05) is 0 Å². The van der Waals surface area contributed by atoms with Gasteiger partial charge in [0, 0.05) is 12.4 Å². The maximum Gasteiger partial charge on any atom is 0.142 e. The molecule has 0 unspecified atom stereocenters. The van der Waals surface area contributed by atoms with Crippen molar-refractivity contribution in [3.8, 4) is 0 Å². The number of nitrogens with one attached hydrogen (secondary N) is 2. The van der Waals surface area contributed by atoms with Crippen LogP contribution in [0.15, 0.2) is 37.2 Å². The Balaban J connectivity index is 0.000000121. The first-order valence-corrected chi connectivity index (χ1v) is 7.08. The van der Waals surface area contributed by atoms with E-state index >= 15 is 0 Å². The average Bonchev–Trinajstić information content (AvgIpc) is 3.08. The van der Waals surface area contributed by atoms with Crippen LogP contribution in [0.2, 0.25) is 5.15 Å². The van der Waals surface area contributed by atoms with Gasteiger partial charge in [0.15, 0.2) is 0 Å². The summed E-state index contributed by atoms with van der Waals surface area (Å²) in [5, 5.41) is 2.44. The van der Waals surface area contributed by atoms with Crippen LogP contribution in [0.3, 0.4) is 0 Å². The Hall–Kier alpha value is -1.74. The highest BCUT2D eigenvalue weighted by Crippen LogP contribution is 2.16. The minimum Gasteiger partial charge on any atom is -0.346 e. The van der Waals surface area contributed by atoms with Gasteiger partial charge in [-0.25, -0.2) is 19.9 Å². The monoisotopic (exact) mass is 398 g/mol. The Morgan fingerprint density at radius 1 is 0.850 bits per heavy atom. The molecule has 0 amide bonds. The van der Waals surface area contributed by atoms with Gasteiger partial charge in [0.05, 0.1) is 10.8 Å². The van der Waals surface area contributed by atoms with E-state index < -0.39 is 0 Å². The molecule has 0 aliphatic heterocycles. The van der Waals surface area contributed by atoms with Gasteiger partial charge < -0.3 is 9.97 Å². The van der Waals surface area contributed by atoms with Crippen molar-refractivity contribution in [3.05, 3.63) is 46.0 Å². The number of hydrogen-bond acceptors (Lipinski definition) is 4. The van der Waals surface area contributed by atoms with E-state index in [9.17, 15) is 0 Å². The third kappa shape index (κ3) is 2.59. The van der Waals surface area contributed by atoms with Crippen molar-refractivity contribution in [2.24, 2.45) is 0 Å². The molecule has 0 aromatic carbocycles. The summed E-state index contributed by atoms with van der Waals surface area (Å²) in [4.78, 5) is 21.8. The fraction of sp³-hybridized carbons (Fsp3) is 0. The predicted octanol–water partition coefficient (Wildman–Crippen LogP) is 3.17. The topological polar surface area (TPSA) is 83.1 Å². The van der Waals surface area contributed by atoms with Gasteiger partial charge in [0.1, 0.15) is 32.8 Å². The number of aromatic amines is 2. The SMILES string of the molecule is Clc1ncnc2[nH]ccc12.Ic1ncnc2[nH]ccc12. The van der Waals surface area contributed by atoms with Crippen molar-refractivity contribution >= 4 is 56.3 Å². The summed E-state index contributed by atoms with van der Waals surface area (Å²) in [5.41, 5.74) is 1.68. The molecule has 4 aromatic heterocycles. The van der Waals surface area contributed by atoms with Gasteiger partial charge in [-0.2, -0.15) is 0 Å². The van der Waals surface area contributed by atoms with Crippen molar-refractivity contribution < 1.29 is 0 Å². The van der Waals surface area contributed by atoms with E-state index in [1.807, 2.05) is 18.3 Å². The minimum absolute atomic E-state index is 0.492. The number of H-pyrrole nitrogens is 2. The lowest BCUT2D eigenvalue weighted by Crippen LogP contribution is -1.82. The molecule has 0 spiro atoms. The first kappa shape index (κ1) is 13.3. The molecule has 0 atom stereocenters. The van der Waals surface area contributed by atoms with Crippen LogP contribution in [0.1, 0.15) is 0 Å². The first-order chi connectivity index (χ1) is 9.75. The highest BCUT2D eigenvalue weighted by molar-refractivity contribution is 14.1. The normalized spacial score (nSPS) is 10.5. The lowest BCUT2D eigenvalue weighted by Gasteiger charge is -1.88. The molecular formula is C12H8ClIN6. The maximum absolute atomic E-state index is 5.73. The molecule has 0 saturated heterocycles. The van der Waals surface area contributed by atoms with Crippen LogP contribution >= 0.6 is 34.2 Å². The summed E-state index contributed by atoms with van der Waals surface area (Å²) in [6.07, 6.45) is 6.63. The second-order valence-electron chi connectivity index (χ2n) is 3.81. The first-order valence-electron chi connectivity index (χ1n) is 5.63. The Morgan fingerprint density at radius 2 is 1.45 bits per heavy atom. The predicted molar refractivity (Wildman–Crippen MR) is 85.5 cm³/mol. The summed E-state index contributed by atoms with van der Waals surface area (Å²) in [5.74, 6) is 0. The summed E-state index contributed by atoms with van der Waals surface area (Å²) >= 11 is 7.91. The lowest BCUT2D eigenvalue weighted by atomic mass is 10.4. The molecule has 8 heteroatoms. The van der Waals surface area contributed by atoms with Crippen LogP contribution < -0.4 is 0 Å². The lowest BCUT2D eigenvalue weighted by molar-refractivity contribution is 1.17. The number of hydrogen-bond donors (Lipinski definition) is 2. The number of halogens is 2. The molecule has 0 aliphatic carbocycles. The molecule has 0 aliphatic rings. The Labute approximate surface area is 132 Å². The molecule has 20 heavy (non-hydrogen) atoms. The smallest absolute Gasteiger partial charge is 0.142 e. The second-order valence-corrected chi connectivity index (χ2v) is 5.19. The van der Waals surface area contributed by atoms with Gasteiger partial charge in [-0.15, -0.1) is 0 Å². The molecule has 4 rings (SSSR count). The summed E-state index contributed by atoms with van der Waals surface area (Å²) in [6.45, 7) is 0. The summed E-state index contributed by atoms with van der Waals surface area (Å²) < 4.78 is 0.990. The number of fused-ring (bicyclic) bond motifs is 2. The van der Waals surface area contributed by atoms with Crippen LogP contribution in [0.4, 0.5) is 0 Å². The highest BCUT2D eigenvalue weighted by Gasteiger charge is 1.99. The number of nitrogens with zero attached hydrogens (tertiary/aromatic N) is 4. The molecule has 6 nitrogen and oxygen atoms in total. The largest absolute Gasteiger partial charge is 0.346 e. The van der Waals surface area contributed by atoms with E-state index in [1.54, 1.807) is 12.5 Å². The molecule has 0 bridgehead atoms. The van der Waals surface area contributed by atoms with Gasteiger partial charge in [0.2, 0.25) is 0 Å². The van der Waals surface area contributed by atoms with E-state index in [2.05, 4.69) is 52.5 Å². The summed E-state index contributed by atoms with van der Waals surface area (Å²) in [6, 6.07) is 3.81. The number of rotatable bonds is 0. The van der Waals surface area contributed by atoms with Crippen LogP contribution in [-0.4, -0.2) is 29.9 Å². The zero-order chi connectivity index (χ0) is 13.9. The molecular weight excluding hydrogens is 391 g/mol. The third-order valence-corrected chi connectivity index (χ3v) is 3.77. The standard InChI is InChI=1S/C6H4ClN3.C6H4IN3/c2*7-5-4-1-2-8-6(4)10-3-9-5/h2*1-3H,(H,8,9,10). The van der Waals surface area contributed by atoms with E-state index in [0.29, 0.717) is 5.15 Å². The highest BCUT2D eigenvalue weighted by atomic mass is 127. The van der Waals surface area contributed by atoms with Gasteiger partial charge in [0.25, 0.3) is 0 Å². The van der Waals surface area contributed by atoms with E-state index in [-0.39, 0.29) is 0 Å². The zero-order valence-electron chi connectivity index (χ0n) is 10.0. The van der Waals surface area contributed by atoms with Crippen LogP contribution in [-0.2, 0) is 0 Å². The minimum atomic E-state index is 0.492. The average molecular weight is 399 g/mol. The summed E-state index contributed by atoms with van der Waals surface area (Å²) in [7, 11) is 0. The van der Waals surface area contributed by atoms with Crippen molar-refractivity contribution in [1.82, 2.24) is 29.9 Å². The van der Waals surface area contributed by atoms with Crippen LogP contribution in [0, 0.1) is 3.70 Å². The molecule has 100 valence electrons. The fourth-order valence-electron chi connectivity index (χ4n) is 1.68. The Morgan fingerprint density at radius 3 is 2.10 bits per heavy atom. The van der Waals surface area contributed by atoms with Crippen molar-refractivity contribution in [2.45, 2.75) is 0 Å². The Kier molecular flexibility index (Phi) is 3.79. The van der Waals surface area contributed by atoms with E-state index in [0.717, 1.165) is 25.8 Å². The molecule has 0 fully saturated rings. The zero-order valence-corrected chi connectivity index (χ0v) is 12.9. The molecule has 2 N–H and O–H groups in total. The molecule has 4 aromatic rings. The van der Waals surface area contributed by atoms with Gasteiger partial charge in [-0.1, -0.05) is 11.6 Å². The van der Waals surface area contributed by atoms with Crippen molar-refractivity contribution in [3.63, 3.8) is 0 Å². The van der Waals surface area contributed by atoms with Gasteiger partial charge in [-0.3, -0.25) is 0 Å². The maximum atomic E-state index is 5.73. The van der Waals surface area contributed by atoms with Gasteiger partial charge in [-0.05, 0) is 34.7 Å². The quantitative estimate of drug-likeness (QED) is 0.352. The van der Waals surface area contributed by atoms with Gasteiger partial charge >= 0.3 is 0 Å². The second kappa shape index (κ2) is 5.71. The van der Waals surface area contributed by atoms with Crippen LogP contribution in [0.5, 0.6) is 0 Å². The fourth-order valence-corrected chi connectivity index (χ4v) is 2.44. The van der Waals surface area contributed by atoms with Crippen LogP contribution in [0.25, 0.3) is 22.1 Å². The van der Waals surface area contributed by atoms with E-state index in [4.69, 9.17) is 11.6 Å².